The maximum Gasteiger partial charge on any atom is 0.255 e. The summed E-state index contributed by atoms with van der Waals surface area (Å²) in [5, 5.41) is 3.54. The Morgan fingerprint density at radius 2 is 2.21 bits per heavy atom. The highest BCUT2D eigenvalue weighted by Gasteiger charge is 2.37. The van der Waals surface area contributed by atoms with Crippen LogP contribution in [-0.2, 0) is 10.3 Å². The zero-order valence-electron chi connectivity index (χ0n) is 10.5. The van der Waals surface area contributed by atoms with E-state index in [4.69, 9.17) is 10.2 Å². The van der Waals surface area contributed by atoms with Gasteiger partial charge < -0.3 is 15.5 Å². The lowest BCUT2D eigenvalue weighted by molar-refractivity contribution is -0.123. The van der Waals surface area contributed by atoms with Crippen molar-refractivity contribution in [3.8, 4) is 0 Å². The van der Waals surface area contributed by atoms with Crippen LogP contribution in [0.25, 0.3) is 0 Å². The van der Waals surface area contributed by atoms with Crippen LogP contribution in [0.15, 0.2) is 52.4 Å². The Morgan fingerprint density at radius 1 is 1.47 bits per heavy atom. The van der Waals surface area contributed by atoms with E-state index < -0.39 is 11.4 Å². The lowest BCUT2D eigenvalue weighted by Gasteiger charge is -2.29. The third-order valence-electron chi connectivity index (χ3n) is 2.94. The van der Waals surface area contributed by atoms with Gasteiger partial charge in [0.1, 0.15) is 11.8 Å². The number of likely N-dealkylation sites (N-methyl/N-ethyl adjacent to an activating group) is 1. The number of hydrogen-bond acceptors (Lipinski definition) is 5. The van der Waals surface area contributed by atoms with Gasteiger partial charge in [0.15, 0.2) is 0 Å². The van der Waals surface area contributed by atoms with Crippen LogP contribution in [0.2, 0.25) is 0 Å². The Kier molecular flexibility index (Phi) is 4.24. The molecule has 0 spiro atoms. The van der Waals surface area contributed by atoms with Crippen molar-refractivity contribution in [2.24, 2.45) is 5.73 Å². The normalized spacial score (nSPS) is 13.9. The second-order valence-corrected chi connectivity index (χ2v) is 4.90. The van der Waals surface area contributed by atoms with Crippen molar-refractivity contribution < 1.29 is 9.21 Å². The van der Waals surface area contributed by atoms with Gasteiger partial charge in [-0.3, -0.25) is 4.79 Å². The minimum atomic E-state index is -0.944. The highest BCUT2D eigenvalue weighted by Crippen LogP contribution is 2.28. The number of carbonyl (C=O) groups is 1. The molecule has 0 aliphatic rings. The summed E-state index contributed by atoms with van der Waals surface area (Å²) in [6.45, 7) is 0. The number of nitrogens with two attached hydrogens (primary N) is 1. The predicted octanol–water partition coefficient (Wildman–Crippen LogP) is 1.37. The SMILES string of the molecule is CNC(CSc1ncco1)(C(N)=O)c1ccccc1. The summed E-state index contributed by atoms with van der Waals surface area (Å²) in [6, 6.07) is 9.39. The van der Waals surface area contributed by atoms with Crippen LogP contribution >= 0.6 is 11.8 Å². The van der Waals surface area contributed by atoms with Crippen LogP contribution in [0.5, 0.6) is 0 Å². The fourth-order valence-corrected chi connectivity index (χ4v) is 2.86. The highest BCUT2D eigenvalue weighted by molar-refractivity contribution is 7.99. The first-order valence-electron chi connectivity index (χ1n) is 5.75. The van der Waals surface area contributed by atoms with E-state index in [9.17, 15) is 4.79 Å². The van der Waals surface area contributed by atoms with Crippen molar-refractivity contribution in [3.63, 3.8) is 0 Å². The molecule has 2 aromatic rings. The van der Waals surface area contributed by atoms with E-state index in [1.165, 1.54) is 18.0 Å². The third kappa shape index (κ3) is 2.80. The Labute approximate surface area is 115 Å². The molecule has 3 N–H and O–H groups in total. The van der Waals surface area contributed by atoms with Gasteiger partial charge in [-0.1, -0.05) is 42.1 Å². The molecule has 0 aliphatic carbocycles. The molecule has 6 heteroatoms. The third-order valence-corrected chi connectivity index (χ3v) is 3.96. The number of hydrogen-bond donors (Lipinski definition) is 2. The quantitative estimate of drug-likeness (QED) is 0.779. The first-order valence-corrected chi connectivity index (χ1v) is 6.74. The number of aromatic nitrogens is 1. The van der Waals surface area contributed by atoms with Crippen molar-refractivity contribution in [1.29, 1.82) is 0 Å². The average Bonchev–Trinajstić information content (AvgIpc) is 2.94. The van der Waals surface area contributed by atoms with E-state index in [-0.39, 0.29) is 0 Å². The van der Waals surface area contributed by atoms with Crippen LogP contribution in [0, 0.1) is 0 Å². The van der Waals surface area contributed by atoms with Crippen molar-refractivity contribution >= 4 is 17.7 Å². The number of oxazole rings is 1. The Hall–Kier alpha value is -1.79. The standard InChI is InChI=1S/C13H15N3O2S/c1-15-13(11(14)17,10-5-3-2-4-6-10)9-19-12-16-7-8-18-12/h2-8,15H,9H2,1H3,(H2,14,17). The van der Waals surface area contributed by atoms with Gasteiger partial charge in [-0.05, 0) is 12.6 Å². The lowest BCUT2D eigenvalue weighted by atomic mass is 9.91. The molecule has 19 heavy (non-hydrogen) atoms. The Morgan fingerprint density at radius 3 is 2.74 bits per heavy atom. The van der Waals surface area contributed by atoms with Gasteiger partial charge in [-0.2, -0.15) is 0 Å². The van der Waals surface area contributed by atoms with Crippen LogP contribution in [-0.4, -0.2) is 23.7 Å². The second kappa shape index (κ2) is 5.90. The van der Waals surface area contributed by atoms with E-state index in [2.05, 4.69) is 10.3 Å². The second-order valence-electron chi connectivity index (χ2n) is 3.97. The van der Waals surface area contributed by atoms with Gasteiger partial charge in [0, 0.05) is 5.75 Å². The fraction of sp³-hybridized carbons (Fsp3) is 0.231. The molecule has 0 radical (unpaired) electrons. The molecule has 5 nitrogen and oxygen atoms in total. The molecule has 0 saturated carbocycles. The summed E-state index contributed by atoms with van der Waals surface area (Å²) in [6.07, 6.45) is 3.06. The monoisotopic (exact) mass is 277 g/mol. The predicted molar refractivity (Wildman–Crippen MR) is 73.6 cm³/mol. The van der Waals surface area contributed by atoms with E-state index in [1.54, 1.807) is 13.2 Å². The van der Waals surface area contributed by atoms with E-state index in [1.807, 2.05) is 30.3 Å². The van der Waals surface area contributed by atoms with Crippen LogP contribution in [0.1, 0.15) is 5.56 Å². The summed E-state index contributed by atoms with van der Waals surface area (Å²) in [7, 11) is 1.72. The first-order chi connectivity index (χ1) is 9.19. The van der Waals surface area contributed by atoms with E-state index in [0.717, 1.165) is 5.56 Å². The molecule has 0 bridgehead atoms. The zero-order valence-corrected chi connectivity index (χ0v) is 11.3. The maximum absolute atomic E-state index is 11.9. The van der Waals surface area contributed by atoms with E-state index in [0.29, 0.717) is 11.0 Å². The van der Waals surface area contributed by atoms with Crippen LogP contribution in [0.4, 0.5) is 0 Å². The number of amides is 1. The summed E-state index contributed by atoms with van der Waals surface area (Å²) in [5.74, 6) is -0.0242. The van der Waals surface area contributed by atoms with Gasteiger partial charge in [0.05, 0.1) is 6.20 Å². The molecular formula is C13H15N3O2S. The summed E-state index contributed by atoms with van der Waals surface area (Å²) < 4.78 is 5.16. The fourth-order valence-electron chi connectivity index (χ4n) is 1.81. The number of primary amides is 1. The molecule has 1 atom stereocenters. The van der Waals surface area contributed by atoms with Gasteiger partial charge in [0.25, 0.3) is 5.22 Å². The summed E-state index contributed by atoms with van der Waals surface area (Å²) in [5.41, 5.74) is 5.47. The van der Waals surface area contributed by atoms with E-state index >= 15 is 0 Å². The lowest BCUT2D eigenvalue weighted by Crippen LogP contribution is -2.53. The number of benzene rings is 1. The minimum Gasteiger partial charge on any atom is -0.440 e. The van der Waals surface area contributed by atoms with Gasteiger partial charge in [-0.15, -0.1) is 0 Å². The number of carbonyl (C=O) groups excluding carboxylic acids is 1. The molecular weight excluding hydrogens is 262 g/mol. The average molecular weight is 277 g/mol. The van der Waals surface area contributed by atoms with Crippen molar-refractivity contribution in [1.82, 2.24) is 10.3 Å². The molecule has 1 amide bonds. The largest absolute Gasteiger partial charge is 0.440 e. The van der Waals surface area contributed by atoms with Gasteiger partial charge >= 0.3 is 0 Å². The maximum atomic E-state index is 11.9. The molecule has 100 valence electrons. The molecule has 1 unspecified atom stereocenters. The number of nitrogens with zero attached hydrogens (tertiary/aromatic N) is 1. The van der Waals surface area contributed by atoms with Crippen molar-refractivity contribution in [3.05, 3.63) is 48.4 Å². The minimum absolute atomic E-state index is 0.406. The van der Waals surface area contributed by atoms with Gasteiger partial charge in [0.2, 0.25) is 5.91 Å². The molecule has 1 aromatic heterocycles. The highest BCUT2D eigenvalue weighted by atomic mass is 32.2. The molecule has 1 heterocycles. The first kappa shape index (κ1) is 13.6. The summed E-state index contributed by atoms with van der Waals surface area (Å²) >= 11 is 1.34. The molecule has 1 aromatic carbocycles. The van der Waals surface area contributed by atoms with Crippen LogP contribution < -0.4 is 11.1 Å². The van der Waals surface area contributed by atoms with Crippen LogP contribution in [0.3, 0.4) is 0 Å². The smallest absolute Gasteiger partial charge is 0.255 e. The molecule has 0 aliphatic heterocycles. The molecule has 0 saturated heterocycles. The number of nitrogens with one attached hydrogen (secondary N) is 1. The van der Waals surface area contributed by atoms with Crippen molar-refractivity contribution in [2.45, 2.75) is 10.8 Å². The Bertz CT molecular complexity index is 530. The Balaban J connectivity index is 2.27. The zero-order chi connectivity index (χ0) is 13.7. The van der Waals surface area contributed by atoms with Gasteiger partial charge in [-0.25, -0.2) is 4.98 Å². The molecule has 2 rings (SSSR count). The topological polar surface area (TPSA) is 81.2 Å². The van der Waals surface area contributed by atoms with Crippen molar-refractivity contribution in [2.75, 3.05) is 12.8 Å². The number of thioether (sulfide) groups is 1. The molecule has 0 fully saturated rings. The summed E-state index contributed by atoms with van der Waals surface area (Å²) in [4.78, 5) is 15.9. The number of rotatable bonds is 6.